The molecule has 2 heterocycles. The van der Waals surface area contributed by atoms with E-state index in [2.05, 4.69) is 28.0 Å². The monoisotopic (exact) mass is 263 g/mol. The fraction of sp³-hybridized carbons (Fsp3) is 0.812. The number of aromatic nitrogens is 2. The lowest BCUT2D eigenvalue weighted by Crippen LogP contribution is -2.27. The molecule has 0 saturated carbocycles. The quantitative estimate of drug-likeness (QED) is 0.725. The number of hydrogen-bond donors (Lipinski definition) is 1. The Labute approximate surface area is 117 Å². The van der Waals surface area contributed by atoms with Crippen molar-refractivity contribution in [3.63, 3.8) is 0 Å². The van der Waals surface area contributed by atoms with Crippen molar-refractivity contribution in [2.75, 3.05) is 13.1 Å². The van der Waals surface area contributed by atoms with Gasteiger partial charge in [0.1, 0.15) is 0 Å². The molecule has 1 N–H and O–H groups in total. The molecule has 1 aromatic heterocycles. The van der Waals surface area contributed by atoms with Gasteiger partial charge in [-0.15, -0.1) is 0 Å². The minimum absolute atomic E-state index is 0.726. The summed E-state index contributed by atoms with van der Waals surface area (Å²) < 4.78 is 2.40. The fourth-order valence-electron chi connectivity index (χ4n) is 3.04. The van der Waals surface area contributed by atoms with Gasteiger partial charge in [0.25, 0.3) is 0 Å². The molecule has 1 fully saturated rings. The third-order valence-corrected chi connectivity index (χ3v) is 4.25. The molecular weight excluding hydrogens is 234 g/mol. The number of nitrogens with zero attached hydrogens (tertiary/aromatic N) is 2. The summed E-state index contributed by atoms with van der Waals surface area (Å²) in [6.45, 7) is 5.75. The summed E-state index contributed by atoms with van der Waals surface area (Å²) in [5.41, 5.74) is 1.47. The van der Waals surface area contributed by atoms with Crippen LogP contribution in [-0.2, 0) is 6.54 Å². The molecule has 1 saturated heterocycles. The molecule has 0 aromatic carbocycles. The number of piperidine rings is 1. The number of nitrogens with one attached hydrogen (secondary N) is 1. The standard InChI is InChI=1S/C16H29N3/c1-2-3-4-5-6-7-12-19-14-18-13-16(19)15-8-10-17-11-9-15/h13-15,17H,2-12H2,1H3. The third kappa shape index (κ3) is 4.64. The normalized spacial score (nSPS) is 16.9. The minimum Gasteiger partial charge on any atom is -0.334 e. The lowest BCUT2D eigenvalue weighted by atomic mass is 9.95. The molecule has 2 rings (SSSR count). The Morgan fingerprint density at radius 1 is 1.16 bits per heavy atom. The maximum atomic E-state index is 4.37. The first-order chi connectivity index (χ1) is 9.42. The second-order valence-electron chi connectivity index (χ2n) is 5.80. The Balaban J connectivity index is 1.73. The molecule has 1 aromatic rings. The van der Waals surface area contributed by atoms with Gasteiger partial charge in [-0.05, 0) is 32.4 Å². The highest BCUT2D eigenvalue weighted by Crippen LogP contribution is 2.25. The maximum absolute atomic E-state index is 4.37. The molecule has 0 amide bonds. The van der Waals surface area contributed by atoms with Crippen molar-refractivity contribution in [3.05, 3.63) is 18.2 Å². The van der Waals surface area contributed by atoms with Gasteiger partial charge in [-0.25, -0.2) is 4.98 Å². The molecule has 108 valence electrons. The van der Waals surface area contributed by atoms with E-state index in [9.17, 15) is 0 Å². The summed E-state index contributed by atoms with van der Waals surface area (Å²) in [4.78, 5) is 4.37. The second-order valence-corrected chi connectivity index (χ2v) is 5.80. The second kappa shape index (κ2) is 8.36. The van der Waals surface area contributed by atoms with Gasteiger partial charge in [-0.2, -0.15) is 0 Å². The average Bonchev–Trinajstić information content (AvgIpc) is 2.92. The molecule has 0 unspecified atom stereocenters. The Morgan fingerprint density at radius 3 is 2.68 bits per heavy atom. The van der Waals surface area contributed by atoms with Gasteiger partial charge in [0, 0.05) is 24.4 Å². The van der Waals surface area contributed by atoms with Gasteiger partial charge in [0.15, 0.2) is 0 Å². The van der Waals surface area contributed by atoms with Gasteiger partial charge in [-0.1, -0.05) is 39.0 Å². The van der Waals surface area contributed by atoms with Crippen LogP contribution < -0.4 is 5.32 Å². The van der Waals surface area contributed by atoms with Crippen LogP contribution in [0.15, 0.2) is 12.5 Å². The van der Waals surface area contributed by atoms with Crippen LogP contribution in [0.2, 0.25) is 0 Å². The summed E-state index contributed by atoms with van der Waals surface area (Å²) in [6.07, 6.45) is 14.8. The zero-order chi connectivity index (χ0) is 13.3. The highest BCUT2D eigenvalue weighted by atomic mass is 15.0. The lowest BCUT2D eigenvalue weighted by Gasteiger charge is -2.23. The summed E-state index contributed by atoms with van der Waals surface area (Å²) >= 11 is 0. The van der Waals surface area contributed by atoms with Crippen LogP contribution in [0, 0.1) is 0 Å². The van der Waals surface area contributed by atoms with Crippen LogP contribution in [-0.4, -0.2) is 22.6 Å². The lowest BCUT2D eigenvalue weighted by molar-refractivity contribution is 0.434. The molecule has 19 heavy (non-hydrogen) atoms. The Kier molecular flexibility index (Phi) is 6.42. The van der Waals surface area contributed by atoms with E-state index < -0.39 is 0 Å². The van der Waals surface area contributed by atoms with Crippen LogP contribution in [0.5, 0.6) is 0 Å². The van der Waals surface area contributed by atoms with Crippen molar-refractivity contribution in [1.82, 2.24) is 14.9 Å². The van der Waals surface area contributed by atoms with E-state index >= 15 is 0 Å². The Bertz CT molecular complexity index is 340. The van der Waals surface area contributed by atoms with Crippen molar-refractivity contribution in [2.45, 2.75) is 70.8 Å². The van der Waals surface area contributed by atoms with E-state index in [1.807, 2.05) is 6.33 Å². The van der Waals surface area contributed by atoms with E-state index in [1.54, 1.807) is 0 Å². The smallest absolute Gasteiger partial charge is 0.0948 e. The maximum Gasteiger partial charge on any atom is 0.0948 e. The Morgan fingerprint density at radius 2 is 1.89 bits per heavy atom. The molecule has 1 aliphatic rings. The molecule has 0 bridgehead atoms. The van der Waals surface area contributed by atoms with E-state index in [1.165, 1.54) is 57.1 Å². The van der Waals surface area contributed by atoms with Gasteiger partial charge >= 0.3 is 0 Å². The molecular formula is C16H29N3. The van der Waals surface area contributed by atoms with Gasteiger partial charge in [-0.3, -0.25) is 0 Å². The first-order valence-electron chi connectivity index (χ1n) is 8.12. The number of aryl methyl sites for hydroxylation is 1. The Hall–Kier alpha value is -0.830. The molecule has 3 heteroatoms. The predicted molar refractivity (Wildman–Crippen MR) is 80.4 cm³/mol. The number of hydrogen-bond acceptors (Lipinski definition) is 2. The summed E-state index contributed by atoms with van der Waals surface area (Å²) in [7, 11) is 0. The zero-order valence-corrected chi connectivity index (χ0v) is 12.4. The first-order valence-corrected chi connectivity index (χ1v) is 8.12. The number of unbranched alkanes of at least 4 members (excludes halogenated alkanes) is 5. The van der Waals surface area contributed by atoms with Crippen LogP contribution in [0.1, 0.15) is 69.9 Å². The van der Waals surface area contributed by atoms with Gasteiger partial charge in [0.2, 0.25) is 0 Å². The van der Waals surface area contributed by atoms with Crippen LogP contribution >= 0.6 is 0 Å². The average molecular weight is 263 g/mol. The highest BCUT2D eigenvalue weighted by molar-refractivity contribution is 5.07. The van der Waals surface area contributed by atoms with Crippen molar-refractivity contribution in [3.8, 4) is 0 Å². The summed E-state index contributed by atoms with van der Waals surface area (Å²) in [5.74, 6) is 0.726. The summed E-state index contributed by atoms with van der Waals surface area (Å²) in [6, 6.07) is 0. The topological polar surface area (TPSA) is 29.9 Å². The molecule has 3 nitrogen and oxygen atoms in total. The summed E-state index contributed by atoms with van der Waals surface area (Å²) in [5, 5.41) is 3.44. The van der Waals surface area contributed by atoms with Crippen LogP contribution in [0.25, 0.3) is 0 Å². The molecule has 0 aliphatic carbocycles. The van der Waals surface area contributed by atoms with Crippen molar-refractivity contribution in [1.29, 1.82) is 0 Å². The van der Waals surface area contributed by atoms with Crippen molar-refractivity contribution in [2.24, 2.45) is 0 Å². The third-order valence-electron chi connectivity index (χ3n) is 4.25. The molecule has 1 aliphatic heterocycles. The van der Waals surface area contributed by atoms with E-state index in [4.69, 9.17) is 0 Å². The van der Waals surface area contributed by atoms with E-state index in [-0.39, 0.29) is 0 Å². The van der Waals surface area contributed by atoms with Crippen LogP contribution in [0.3, 0.4) is 0 Å². The number of rotatable bonds is 8. The SMILES string of the molecule is CCCCCCCCn1cncc1C1CCNCC1. The predicted octanol–water partition coefficient (Wildman–Crippen LogP) is 3.71. The van der Waals surface area contributed by atoms with Gasteiger partial charge < -0.3 is 9.88 Å². The van der Waals surface area contributed by atoms with Crippen molar-refractivity contribution >= 4 is 0 Å². The largest absolute Gasteiger partial charge is 0.334 e. The highest BCUT2D eigenvalue weighted by Gasteiger charge is 2.18. The van der Waals surface area contributed by atoms with Crippen LogP contribution in [0.4, 0.5) is 0 Å². The fourth-order valence-corrected chi connectivity index (χ4v) is 3.04. The van der Waals surface area contributed by atoms with E-state index in [0.717, 1.165) is 25.6 Å². The molecule has 0 spiro atoms. The number of imidazole rings is 1. The molecule has 0 atom stereocenters. The van der Waals surface area contributed by atoms with Crippen molar-refractivity contribution < 1.29 is 0 Å². The molecule has 0 radical (unpaired) electrons. The first kappa shape index (κ1) is 14.6. The van der Waals surface area contributed by atoms with Gasteiger partial charge in [0.05, 0.1) is 6.33 Å². The zero-order valence-electron chi connectivity index (χ0n) is 12.4. The minimum atomic E-state index is 0.726. The van der Waals surface area contributed by atoms with E-state index in [0.29, 0.717) is 0 Å².